The summed E-state index contributed by atoms with van der Waals surface area (Å²) >= 11 is 0. The van der Waals surface area contributed by atoms with Crippen LogP contribution in [0.3, 0.4) is 0 Å². The van der Waals surface area contributed by atoms with E-state index in [4.69, 9.17) is 4.84 Å². The Morgan fingerprint density at radius 1 is 1.35 bits per heavy atom. The lowest BCUT2D eigenvalue weighted by molar-refractivity contribution is -0.133. The Morgan fingerprint density at radius 3 is 2.85 bits per heavy atom. The van der Waals surface area contributed by atoms with E-state index >= 15 is 0 Å². The number of hydrogen-bond acceptors (Lipinski definition) is 6. The molecule has 0 saturated carbocycles. The minimum absolute atomic E-state index is 0.00989. The summed E-state index contributed by atoms with van der Waals surface area (Å²) in [7, 11) is 0. The molecule has 1 aromatic heterocycles. The van der Waals surface area contributed by atoms with Gasteiger partial charge in [-0.1, -0.05) is 5.16 Å². The molecule has 140 valence electrons. The first-order valence-electron chi connectivity index (χ1n) is 8.77. The van der Waals surface area contributed by atoms with Crippen LogP contribution in [0.15, 0.2) is 22.3 Å². The summed E-state index contributed by atoms with van der Waals surface area (Å²) < 4.78 is 0. The minimum Gasteiger partial charge on any atom is -0.392 e. The first-order valence-corrected chi connectivity index (χ1v) is 8.77. The number of aromatic amines is 1. The molecule has 0 bridgehead atoms. The molecule has 1 saturated heterocycles. The molecule has 0 aliphatic carbocycles. The monoisotopic (exact) mass is 361 g/mol. The SMILES string of the molecule is CC1=NOC(CC(=O)N2CCC(C)N(C(=O)c3cc(=O)[nH]cn3)CC2)C1. The van der Waals surface area contributed by atoms with Gasteiger partial charge in [0, 0.05) is 38.2 Å². The van der Waals surface area contributed by atoms with Gasteiger partial charge < -0.3 is 19.6 Å². The highest BCUT2D eigenvalue weighted by atomic mass is 16.6. The molecule has 3 heterocycles. The number of hydrogen-bond donors (Lipinski definition) is 1. The van der Waals surface area contributed by atoms with Crippen LogP contribution in [-0.2, 0) is 9.63 Å². The van der Waals surface area contributed by atoms with E-state index in [-0.39, 0.29) is 35.2 Å². The third kappa shape index (κ3) is 4.09. The molecule has 9 nitrogen and oxygen atoms in total. The molecule has 0 aromatic carbocycles. The van der Waals surface area contributed by atoms with Crippen LogP contribution in [0.25, 0.3) is 0 Å². The molecule has 1 N–H and O–H groups in total. The molecule has 0 spiro atoms. The highest BCUT2D eigenvalue weighted by Crippen LogP contribution is 2.18. The van der Waals surface area contributed by atoms with Crippen molar-refractivity contribution in [3.8, 4) is 0 Å². The number of nitrogens with one attached hydrogen (secondary N) is 1. The van der Waals surface area contributed by atoms with Crippen LogP contribution in [-0.4, -0.2) is 69.1 Å². The van der Waals surface area contributed by atoms with E-state index in [9.17, 15) is 14.4 Å². The van der Waals surface area contributed by atoms with Gasteiger partial charge in [-0.3, -0.25) is 14.4 Å². The van der Waals surface area contributed by atoms with Crippen molar-refractivity contribution in [3.05, 3.63) is 28.4 Å². The molecule has 2 atom stereocenters. The second-order valence-electron chi connectivity index (χ2n) is 6.78. The lowest BCUT2D eigenvalue weighted by Crippen LogP contribution is -2.41. The summed E-state index contributed by atoms with van der Waals surface area (Å²) in [5, 5.41) is 3.88. The van der Waals surface area contributed by atoms with E-state index in [0.29, 0.717) is 38.9 Å². The number of carbonyl (C=O) groups is 2. The first-order chi connectivity index (χ1) is 12.4. The molecular formula is C17H23N5O4. The fourth-order valence-electron chi connectivity index (χ4n) is 3.24. The maximum Gasteiger partial charge on any atom is 0.273 e. The van der Waals surface area contributed by atoms with Gasteiger partial charge >= 0.3 is 0 Å². The van der Waals surface area contributed by atoms with Crippen LogP contribution in [0.4, 0.5) is 0 Å². The lowest BCUT2D eigenvalue weighted by Gasteiger charge is -2.26. The Labute approximate surface area is 151 Å². The molecule has 1 fully saturated rings. The summed E-state index contributed by atoms with van der Waals surface area (Å²) in [4.78, 5) is 51.7. The second kappa shape index (κ2) is 7.67. The second-order valence-corrected chi connectivity index (χ2v) is 6.78. The molecule has 2 unspecified atom stereocenters. The van der Waals surface area contributed by atoms with E-state index in [1.54, 1.807) is 9.80 Å². The van der Waals surface area contributed by atoms with Gasteiger partial charge in [0.05, 0.1) is 18.5 Å². The third-order valence-corrected chi connectivity index (χ3v) is 4.75. The number of nitrogens with zero attached hydrogens (tertiary/aromatic N) is 4. The van der Waals surface area contributed by atoms with Crippen LogP contribution in [0.5, 0.6) is 0 Å². The van der Waals surface area contributed by atoms with Crippen molar-refractivity contribution in [2.24, 2.45) is 5.16 Å². The van der Waals surface area contributed by atoms with E-state index in [0.717, 1.165) is 5.71 Å². The van der Waals surface area contributed by atoms with Gasteiger partial charge in [0.15, 0.2) is 0 Å². The predicted octanol–water partition coefficient (Wildman–Crippen LogP) is 0.388. The predicted molar refractivity (Wildman–Crippen MR) is 93.8 cm³/mol. The van der Waals surface area contributed by atoms with E-state index in [1.807, 2.05) is 13.8 Å². The van der Waals surface area contributed by atoms with Gasteiger partial charge in [0.25, 0.3) is 11.5 Å². The van der Waals surface area contributed by atoms with Crippen molar-refractivity contribution in [3.63, 3.8) is 0 Å². The Morgan fingerprint density at radius 2 is 2.15 bits per heavy atom. The van der Waals surface area contributed by atoms with E-state index in [1.165, 1.54) is 12.4 Å². The van der Waals surface area contributed by atoms with Crippen LogP contribution < -0.4 is 5.56 Å². The van der Waals surface area contributed by atoms with Gasteiger partial charge in [-0.05, 0) is 20.3 Å². The summed E-state index contributed by atoms with van der Waals surface area (Å²) in [5.74, 6) is -0.281. The van der Waals surface area contributed by atoms with Crippen molar-refractivity contribution in [1.82, 2.24) is 19.8 Å². The van der Waals surface area contributed by atoms with Crippen LogP contribution in [0.1, 0.15) is 43.6 Å². The normalized spacial score (nSPS) is 23.2. The fraction of sp³-hybridized carbons (Fsp3) is 0.588. The van der Waals surface area contributed by atoms with Crippen molar-refractivity contribution in [2.45, 2.75) is 45.3 Å². The molecular weight excluding hydrogens is 338 g/mol. The van der Waals surface area contributed by atoms with Crippen molar-refractivity contribution >= 4 is 17.5 Å². The van der Waals surface area contributed by atoms with Gasteiger partial charge in [-0.15, -0.1) is 0 Å². The lowest BCUT2D eigenvalue weighted by atomic mass is 10.1. The molecule has 2 amide bonds. The Hall–Kier alpha value is -2.71. The van der Waals surface area contributed by atoms with Gasteiger partial charge in [0.2, 0.25) is 5.91 Å². The summed E-state index contributed by atoms with van der Waals surface area (Å²) in [6.07, 6.45) is 2.66. The van der Waals surface area contributed by atoms with Gasteiger partial charge in [0.1, 0.15) is 11.8 Å². The van der Waals surface area contributed by atoms with Gasteiger partial charge in [-0.25, -0.2) is 4.98 Å². The summed E-state index contributed by atoms with van der Waals surface area (Å²) in [6.45, 7) is 5.26. The number of amides is 2. The van der Waals surface area contributed by atoms with Crippen LogP contribution in [0.2, 0.25) is 0 Å². The molecule has 26 heavy (non-hydrogen) atoms. The Bertz CT molecular complexity index is 774. The zero-order valence-corrected chi connectivity index (χ0v) is 15.0. The third-order valence-electron chi connectivity index (χ3n) is 4.75. The summed E-state index contributed by atoms with van der Waals surface area (Å²) in [6, 6.07) is 1.15. The van der Waals surface area contributed by atoms with Crippen LogP contribution in [0, 0.1) is 0 Å². The topological polar surface area (TPSA) is 108 Å². The number of oxime groups is 1. The first kappa shape index (κ1) is 18.1. The zero-order valence-electron chi connectivity index (χ0n) is 15.0. The molecule has 3 rings (SSSR count). The molecule has 1 aromatic rings. The van der Waals surface area contributed by atoms with E-state index < -0.39 is 0 Å². The highest BCUT2D eigenvalue weighted by molar-refractivity contribution is 5.92. The molecule has 9 heteroatoms. The minimum atomic E-state index is -0.364. The number of carbonyl (C=O) groups excluding carboxylic acids is 2. The standard InChI is InChI=1S/C17H23N5O4/c1-11-7-13(26-20-11)8-16(24)21-4-3-12(2)22(6-5-21)17(25)14-9-15(23)19-10-18-14/h9-10,12-13H,3-8H2,1-2H3,(H,18,19,23). The average Bonchev–Trinajstić information content (AvgIpc) is 2.91. The number of rotatable bonds is 3. The zero-order chi connectivity index (χ0) is 18.7. The maximum atomic E-state index is 12.7. The Kier molecular flexibility index (Phi) is 5.34. The molecule has 2 aliphatic rings. The number of aromatic nitrogens is 2. The fourth-order valence-corrected chi connectivity index (χ4v) is 3.24. The van der Waals surface area contributed by atoms with Crippen molar-refractivity contribution in [1.29, 1.82) is 0 Å². The smallest absolute Gasteiger partial charge is 0.273 e. The van der Waals surface area contributed by atoms with Crippen molar-refractivity contribution < 1.29 is 14.4 Å². The number of H-pyrrole nitrogens is 1. The summed E-state index contributed by atoms with van der Waals surface area (Å²) in [5.41, 5.74) is 0.651. The average molecular weight is 361 g/mol. The quantitative estimate of drug-likeness (QED) is 0.838. The van der Waals surface area contributed by atoms with E-state index in [2.05, 4.69) is 15.1 Å². The van der Waals surface area contributed by atoms with Crippen molar-refractivity contribution in [2.75, 3.05) is 19.6 Å². The molecule has 0 radical (unpaired) electrons. The van der Waals surface area contributed by atoms with Crippen LogP contribution >= 0.6 is 0 Å². The maximum absolute atomic E-state index is 12.7. The molecule has 2 aliphatic heterocycles. The largest absolute Gasteiger partial charge is 0.392 e. The highest BCUT2D eigenvalue weighted by Gasteiger charge is 2.30. The van der Waals surface area contributed by atoms with Gasteiger partial charge in [-0.2, -0.15) is 0 Å². The Balaban J connectivity index is 1.61.